The first-order valence-electron chi connectivity index (χ1n) is 5.90. The van der Waals surface area contributed by atoms with Crippen molar-refractivity contribution in [1.29, 1.82) is 0 Å². The number of carbonyl (C=O) groups excluding carboxylic acids is 1. The molecule has 0 aliphatic rings. The van der Waals surface area contributed by atoms with Crippen LogP contribution in [0.3, 0.4) is 0 Å². The van der Waals surface area contributed by atoms with Crippen LogP contribution < -0.4 is 5.32 Å². The molecule has 1 amide bonds. The molecule has 0 bridgehead atoms. The minimum absolute atomic E-state index is 0.204. The van der Waals surface area contributed by atoms with Crippen molar-refractivity contribution in [2.24, 2.45) is 0 Å². The molecule has 1 heterocycles. The van der Waals surface area contributed by atoms with Crippen LogP contribution in [0.1, 0.15) is 12.7 Å². The van der Waals surface area contributed by atoms with Crippen LogP contribution in [0, 0.1) is 5.82 Å². The normalized spacial score (nSPS) is 11.7. The predicted molar refractivity (Wildman–Crippen MR) is 71.9 cm³/mol. The average Bonchev–Trinajstić information content (AvgIpc) is 2.78. The Labute approximate surface area is 110 Å². The van der Waals surface area contributed by atoms with Gasteiger partial charge in [0.2, 0.25) is 5.91 Å². The van der Waals surface area contributed by atoms with E-state index in [-0.39, 0.29) is 18.3 Å². The number of imidazole rings is 1. The van der Waals surface area contributed by atoms with E-state index < -0.39 is 0 Å². The second-order valence-corrected chi connectivity index (χ2v) is 3.95. The summed E-state index contributed by atoms with van der Waals surface area (Å²) in [6.45, 7) is 2.14. The number of aromatic amines is 1. The van der Waals surface area contributed by atoms with Crippen LogP contribution in [0.15, 0.2) is 42.5 Å². The molecule has 5 heteroatoms. The number of benzene rings is 1. The Kier molecular flexibility index (Phi) is 4.07. The van der Waals surface area contributed by atoms with Crippen LogP contribution >= 0.6 is 0 Å². The molecular formula is C14H14FN3O. The lowest BCUT2D eigenvalue weighted by Crippen LogP contribution is -2.20. The van der Waals surface area contributed by atoms with Crippen molar-refractivity contribution >= 4 is 16.9 Å². The van der Waals surface area contributed by atoms with Crippen molar-refractivity contribution in [2.75, 3.05) is 0 Å². The lowest BCUT2D eigenvalue weighted by atomic mass is 10.3. The molecule has 1 aromatic heterocycles. The third-order valence-corrected chi connectivity index (χ3v) is 2.47. The minimum Gasteiger partial charge on any atom is -0.345 e. The van der Waals surface area contributed by atoms with Gasteiger partial charge >= 0.3 is 0 Å². The van der Waals surface area contributed by atoms with Crippen molar-refractivity contribution in [3.8, 4) is 0 Å². The van der Waals surface area contributed by atoms with Gasteiger partial charge in [-0.3, -0.25) is 4.79 Å². The average molecular weight is 259 g/mol. The van der Waals surface area contributed by atoms with Crippen LogP contribution in [0.2, 0.25) is 0 Å². The van der Waals surface area contributed by atoms with Crippen molar-refractivity contribution in [3.63, 3.8) is 0 Å². The van der Waals surface area contributed by atoms with E-state index in [0.29, 0.717) is 16.9 Å². The third-order valence-electron chi connectivity index (χ3n) is 2.47. The van der Waals surface area contributed by atoms with Crippen molar-refractivity contribution < 1.29 is 9.18 Å². The lowest BCUT2D eigenvalue weighted by Gasteiger charge is -1.97. The summed E-state index contributed by atoms with van der Waals surface area (Å²) in [5.74, 6) is 0.0687. The van der Waals surface area contributed by atoms with Gasteiger partial charge in [-0.05, 0) is 25.1 Å². The van der Waals surface area contributed by atoms with Gasteiger partial charge in [-0.1, -0.05) is 18.2 Å². The van der Waals surface area contributed by atoms with Gasteiger partial charge < -0.3 is 10.3 Å². The van der Waals surface area contributed by atoms with Gasteiger partial charge in [0.1, 0.15) is 11.6 Å². The predicted octanol–water partition coefficient (Wildman–Crippen LogP) is 2.45. The standard InChI is InChI=1S/C14H14FN3O/c1-2-3-4-5-14(19)16-9-13-17-11-7-6-10(15)8-12(11)18-13/h2-8H,9H2,1H3,(H,16,19)(H,17,18). The first-order chi connectivity index (χ1) is 9.19. The van der Waals surface area contributed by atoms with E-state index in [1.165, 1.54) is 18.2 Å². The number of hydrogen-bond donors (Lipinski definition) is 2. The molecule has 0 aliphatic carbocycles. The zero-order valence-corrected chi connectivity index (χ0v) is 10.5. The zero-order chi connectivity index (χ0) is 13.7. The highest BCUT2D eigenvalue weighted by molar-refractivity contribution is 5.87. The maximum Gasteiger partial charge on any atom is 0.244 e. The summed E-state index contributed by atoms with van der Waals surface area (Å²) in [5, 5.41) is 2.69. The molecule has 0 atom stereocenters. The van der Waals surface area contributed by atoms with Gasteiger partial charge in [-0.2, -0.15) is 0 Å². The van der Waals surface area contributed by atoms with Crippen molar-refractivity contribution in [1.82, 2.24) is 15.3 Å². The fourth-order valence-corrected chi connectivity index (χ4v) is 1.60. The van der Waals surface area contributed by atoms with E-state index in [9.17, 15) is 9.18 Å². The molecule has 2 aromatic rings. The molecule has 0 aliphatic heterocycles. The zero-order valence-electron chi connectivity index (χ0n) is 10.5. The molecule has 0 spiro atoms. The Bertz CT molecular complexity index is 643. The Morgan fingerprint density at radius 1 is 1.47 bits per heavy atom. The summed E-state index contributed by atoms with van der Waals surface area (Å²) in [4.78, 5) is 18.6. The Morgan fingerprint density at radius 2 is 2.32 bits per heavy atom. The molecular weight excluding hydrogens is 245 g/mol. The summed E-state index contributed by atoms with van der Waals surface area (Å²) in [7, 11) is 0. The summed E-state index contributed by atoms with van der Waals surface area (Å²) >= 11 is 0. The van der Waals surface area contributed by atoms with Crippen LogP contribution in [0.4, 0.5) is 4.39 Å². The first kappa shape index (κ1) is 13.0. The number of rotatable bonds is 4. The molecule has 0 unspecified atom stereocenters. The van der Waals surface area contributed by atoms with Crippen LogP contribution in [0.5, 0.6) is 0 Å². The van der Waals surface area contributed by atoms with E-state index in [1.807, 2.05) is 13.0 Å². The van der Waals surface area contributed by atoms with Crippen molar-refractivity contribution in [3.05, 3.63) is 54.1 Å². The number of hydrogen-bond acceptors (Lipinski definition) is 2. The maximum atomic E-state index is 13.0. The summed E-state index contributed by atoms with van der Waals surface area (Å²) in [5.41, 5.74) is 1.30. The van der Waals surface area contributed by atoms with Crippen LogP contribution in [-0.4, -0.2) is 15.9 Å². The van der Waals surface area contributed by atoms with Gasteiger partial charge in [-0.15, -0.1) is 0 Å². The molecule has 0 fully saturated rings. The number of allylic oxidation sites excluding steroid dienone is 3. The highest BCUT2D eigenvalue weighted by Gasteiger charge is 2.04. The van der Waals surface area contributed by atoms with Crippen LogP contribution in [0.25, 0.3) is 11.0 Å². The number of halogens is 1. The topological polar surface area (TPSA) is 57.8 Å². The molecule has 19 heavy (non-hydrogen) atoms. The second kappa shape index (κ2) is 5.95. The molecule has 98 valence electrons. The number of carbonyl (C=O) groups is 1. The number of fused-ring (bicyclic) bond motifs is 1. The van der Waals surface area contributed by atoms with Crippen molar-refractivity contribution in [2.45, 2.75) is 13.5 Å². The Morgan fingerprint density at radius 3 is 3.11 bits per heavy atom. The Balaban J connectivity index is 2.00. The molecule has 0 radical (unpaired) electrons. The fourth-order valence-electron chi connectivity index (χ4n) is 1.60. The molecule has 0 saturated carbocycles. The number of amides is 1. The first-order valence-corrected chi connectivity index (χ1v) is 5.90. The lowest BCUT2D eigenvalue weighted by molar-refractivity contribution is -0.116. The number of nitrogens with zero attached hydrogens (tertiary/aromatic N) is 1. The van der Waals surface area contributed by atoms with Gasteiger partial charge in [0, 0.05) is 6.08 Å². The van der Waals surface area contributed by atoms with E-state index in [1.54, 1.807) is 18.2 Å². The highest BCUT2D eigenvalue weighted by atomic mass is 19.1. The van der Waals surface area contributed by atoms with Gasteiger partial charge in [0.15, 0.2) is 0 Å². The van der Waals surface area contributed by atoms with E-state index in [0.717, 1.165) is 0 Å². The number of aromatic nitrogens is 2. The van der Waals surface area contributed by atoms with Gasteiger partial charge in [0.05, 0.1) is 17.6 Å². The molecule has 1 aromatic carbocycles. The molecule has 2 N–H and O–H groups in total. The fraction of sp³-hybridized carbons (Fsp3) is 0.143. The highest BCUT2D eigenvalue weighted by Crippen LogP contribution is 2.12. The number of nitrogens with one attached hydrogen (secondary N) is 2. The maximum absolute atomic E-state index is 13.0. The summed E-state index contributed by atoms with van der Waals surface area (Å²) < 4.78 is 13.0. The van der Waals surface area contributed by atoms with E-state index in [2.05, 4.69) is 15.3 Å². The molecule has 0 saturated heterocycles. The monoisotopic (exact) mass is 259 g/mol. The largest absolute Gasteiger partial charge is 0.345 e. The molecule has 2 rings (SSSR count). The SMILES string of the molecule is CC=CC=CC(=O)NCc1nc2ccc(F)cc2[nH]1. The van der Waals surface area contributed by atoms with Gasteiger partial charge in [-0.25, -0.2) is 9.37 Å². The summed E-state index contributed by atoms with van der Waals surface area (Å²) in [6, 6.07) is 4.32. The second-order valence-electron chi connectivity index (χ2n) is 3.95. The van der Waals surface area contributed by atoms with E-state index in [4.69, 9.17) is 0 Å². The summed E-state index contributed by atoms with van der Waals surface area (Å²) in [6.07, 6.45) is 6.69. The van der Waals surface area contributed by atoms with Crippen LogP contribution in [-0.2, 0) is 11.3 Å². The quantitative estimate of drug-likeness (QED) is 0.654. The van der Waals surface area contributed by atoms with Gasteiger partial charge in [0.25, 0.3) is 0 Å². The third kappa shape index (κ3) is 3.51. The van der Waals surface area contributed by atoms with E-state index >= 15 is 0 Å². The Hall–Kier alpha value is -2.43. The smallest absolute Gasteiger partial charge is 0.244 e. The number of H-pyrrole nitrogens is 1. The minimum atomic E-state index is -0.318. The molecule has 4 nitrogen and oxygen atoms in total.